The van der Waals surface area contributed by atoms with Crippen LogP contribution >= 0.6 is 0 Å². The van der Waals surface area contributed by atoms with Gasteiger partial charge in [0.25, 0.3) is 11.8 Å². The summed E-state index contributed by atoms with van der Waals surface area (Å²) in [4.78, 5) is 39.2. The number of amides is 3. The molecule has 0 atom stereocenters. The third kappa shape index (κ3) is 3.43. The Morgan fingerprint density at radius 2 is 1.53 bits per heavy atom. The molecule has 1 N–H and O–H groups in total. The van der Waals surface area contributed by atoms with Gasteiger partial charge in [-0.05, 0) is 37.6 Å². The Kier molecular flexibility index (Phi) is 4.98. The van der Waals surface area contributed by atoms with Crippen LogP contribution in [0.3, 0.4) is 0 Å². The Morgan fingerprint density at radius 3 is 2.22 bits per heavy atom. The second-order valence-corrected chi connectivity index (χ2v) is 8.09. The minimum atomic E-state index is -0.314. The van der Waals surface area contributed by atoms with Gasteiger partial charge in [-0.25, -0.2) is 0 Å². The fraction of sp³-hybridized carbons (Fsp3) is 0.192. The van der Waals surface area contributed by atoms with E-state index in [-0.39, 0.29) is 36.7 Å². The van der Waals surface area contributed by atoms with Gasteiger partial charge in [-0.15, -0.1) is 0 Å². The average molecular weight is 426 g/mol. The average Bonchev–Trinajstić information content (AvgIpc) is 3.03. The Morgan fingerprint density at radius 1 is 0.906 bits per heavy atom. The lowest BCUT2D eigenvalue weighted by Gasteiger charge is -2.28. The molecule has 32 heavy (non-hydrogen) atoms. The van der Waals surface area contributed by atoms with Crippen LogP contribution in [0.5, 0.6) is 11.5 Å². The molecule has 3 aromatic carbocycles. The Labute approximate surface area is 185 Å². The highest BCUT2D eigenvalue weighted by atomic mass is 16.5. The number of nitrogens with one attached hydrogen (secondary N) is 1. The van der Waals surface area contributed by atoms with Crippen molar-refractivity contribution in [2.75, 3.05) is 6.54 Å². The van der Waals surface area contributed by atoms with Gasteiger partial charge in [0.05, 0.1) is 17.2 Å². The standard InChI is InChI=1S/C26H22N2O4/c1-16-12-13-17-20(15-16)26(31)28(25(17)30)14-6-11-23(29)27-24-18-7-2-4-9-21(18)32-22-10-5-3-8-19(22)24/h2-5,7-10,12-13,15,24H,6,11,14H2,1H3,(H,27,29). The van der Waals surface area contributed by atoms with E-state index < -0.39 is 0 Å². The third-order valence-corrected chi connectivity index (χ3v) is 5.90. The normalized spacial score (nSPS) is 14.5. The number of carbonyl (C=O) groups excluding carboxylic acids is 3. The highest BCUT2D eigenvalue weighted by Gasteiger charge is 2.35. The molecule has 6 heteroatoms. The van der Waals surface area contributed by atoms with Crippen molar-refractivity contribution >= 4 is 17.7 Å². The van der Waals surface area contributed by atoms with Gasteiger partial charge >= 0.3 is 0 Å². The molecule has 0 bridgehead atoms. The van der Waals surface area contributed by atoms with E-state index in [0.717, 1.165) is 28.2 Å². The Balaban J connectivity index is 1.25. The topological polar surface area (TPSA) is 75.7 Å². The van der Waals surface area contributed by atoms with E-state index in [9.17, 15) is 14.4 Å². The summed E-state index contributed by atoms with van der Waals surface area (Å²) >= 11 is 0. The summed E-state index contributed by atoms with van der Waals surface area (Å²) in [7, 11) is 0. The number of imide groups is 1. The second kappa shape index (κ2) is 7.96. The van der Waals surface area contributed by atoms with Crippen LogP contribution in [-0.2, 0) is 4.79 Å². The van der Waals surface area contributed by atoms with Gasteiger partial charge < -0.3 is 10.1 Å². The molecule has 0 unspecified atom stereocenters. The van der Waals surface area contributed by atoms with Gasteiger partial charge in [0, 0.05) is 24.1 Å². The van der Waals surface area contributed by atoms with E-state index in [0.29, 0.717) is 17.5 Å². The van der Waals surface area contributed by atoms with Crippen LogP contribution < -0.4 is 10.1 Å². The van der Waals surface area contributed by atoms with E-state index >= 15 is 0 Å². The molecule has 160 valence electrons. The van der Waals surface area contributed by atoms with Crippen molar-refractivity contribution in [2.45, 2.75) is 25.8 Å². The molecule has 0 fully saturated rings. The monoisotopic (exact) mass is 426 g/mol. The molecule has 2 aliphatic heterocycles. The van der Waals surface area contributed by atoms with Gasteiger partial charge in [-0.1, -0.05) is 48.0 Å². The summed E-state index contributed by atoms with van der Waals surface area (Å²) < 4.78 is 5.97. The minimum absolute atomic E-state index is 0.144. The molecule has 3 aromatic rings. The van der Waals surface area contributed by atoms with Crippen LogP contribution in [0.1, 0.15) is 56.3 Å². The lowest BCUT2D eigenvalue weighted by molar-refractivity contribution is -0.121. The highest BCUT2D eigenvalue weighted by molar-refractivity contribution is 6.21. The number of hydrogen-bond donors (Lipinski definition) is 1. The SMILES string of the molecule is Cc1ccc2c(c1)C(=O)N(CCCC(=O)NC1c3ccccc3Oc3ccccc31)C2=O. The quantitative estimate of drug-likeness (QED) is 0.615. The van der Waals surface area contributed by atoms with E-state index in [4.69, 9.17) is 4.74 Å². The van der Waals surface area contributed by atoms with Crippen LogP contribution in [0.2, 0.25) is 0 Å². The fourth-order valence-electron chi connectivity index (χ4n) is 4.30. The molecule has 0 saturated carbocycles. The molecule has 2 heterocycles. The van der Waals surface area contributed by atoms with E-state index in [1.165, 1.54) is 4.90 Å². The Hall–Kier alpha value is -3.93. The number of benzene rings is 3. The van der Waals surface area contributed by atoms with Crippen molar-refractivity contribution < 1.29 is 19.1 Å². The lowest BCUT2D eigenvalue weighted by atomic mass is 9.94. The van der Waals surface area contributed by atoms with Crippen molar-refractivity contribution in [3.05, 3.63) is 94.5 Å². The zero-order valence-electron chi connectivity index (χ0n) is 17.6. The first kappa shape index (κ1) is 20.0. The molecule has 0 spiro atoms. The summed E-state index contributed by atoms with van der Waals surface area (Å²) in [6.07, 6.45) is 0.594. The summed E-state index contributed by atoms with van der Waals surface area (Å²) in [5.74, 6) is 0.712. The number of carbonyl (C=O) groups is 3. The third-order valence-electron chi connectivity index (χ3n) is 5.90. The summed E-state index contributed by atoms with van der Waals surface area (Å²) in [6, 6.07) is 20.2. The molecule has 0 aliphatic carbocycles. The van der Waals surface area contributed by atoms with Gasteiger partial charge in [-0.2, -0.15) is 0 Å². The number of nitrogens with zero attached hydrogens (tertiary/aromatic N) is 1. The molecule has 6 nitrogen and oxygen atoms in total. The molecular formula is C26H22N2O4. The van der Waals surface area contributed by atoms with Crippen molar-refractivity contribution in [3.63, 3.8) is 0 Å². The number of hydrogen-bond acceptors (Lipinski definition) is 4. The molecule has 0 radical (unpaired) electrons. The second-order valence-electron chi connectivity index (χ2n) is 8.09. The van der Waals surface area contributed by atoms with Gasteiger partial charge in [-0.3, -0.25) is 19.3 Å². The van der Waals surface area contributed by atoms with Crippen LogP contribution in [-0.4, -0.2) is 29.2 Å². The molecule has 0 aromatic heterocycles. The van der Waals surface area contributed by atoms with Crippen LogP contribution in [0.4, 0.5) is 0 Å². The van der Waals surface area contributed by atoms with Gasteiger partial charge in [0.15, 0.2) is 0 Å². The van der Waals surface area contributed by atoms with Crippen molar-refractivity contribution in [2.24, 2.45) is 0 Å². The first-order chi connectivity index (χ1) is 15.5. The Bertz CT molecular complexity index is 1200. The van der Waals surface area contributed by atoms with E-state index in [1.54, 1.807) is 12.1 Å². The number of para-hydroxylation sites is 2. The maximum absolute atomic E-state index is 12.8. The predicted octanol–water partition coefficient (Wildman–Crippen LogP) is 4.38. The largest absolute Gasteiger partial charge is 0.457 e. The number of aryl methyl sites for hydroxylation is 1. The number of ether oxygens (including phenoxy) is 1. The first-order valence-corrected chi connectivity index (χ1v) is 10.6. The zero-order valence-corrected chi connectivity index (χ0v) is 17.6. The molecule has 2 aliphatic rings. The van der Waals surface area contributed by atoms with E-state index in [2.05, 4.69) is 5.32 Å². The zero-order chi connectivity index (χ0) is 22.2. The van der Waals surface area contributed by atoms with Crippen molar-refractivity contribution in [1.29, 1.82) is 0 Å². The smallest absolute Gasteiger partial charge is 0.261 e. The maximum Gasteiger partial charge on any atom is 0.261 e. The molecule has 3 amide bonds. The maximum atomic E-state index is 12.8. The number of fused-ring (bicyclic) bond motifs is 3. The van der Waals surface area contributed by atoms with Crippen molar-refractivity contribution in [1.82, 2.24) is 10.2 Å². The van der Waals surface area contributed by atoms with E-state index in [1.807, 2.05) is 61.5 Å². The van der Waals surface area contributed by atoms with Gasteiger partial charge in [0.1, 0.15) is 11.5 Å². The van der Waals surface area contributed by atoms with Crippen LogP contribution in [0, 0.1) is 6.92 Å². The molecule has 5 rings (SSSR count). The summed E-state index contributed by atoms with van der Waals surface area (Å²) in [5.41, 5.74) is 3.60. The van der Waals surface area contributed by atoms with Crippen LogP contribution in [0.25, 0.3) is 0 Å². The van der Waals surface area contributed by atoms with Gasteiger partial charge in [0.2, 0.25) is 5.91 Å². The predicted molar refractivity (Wildman–Crippen MR) is 119 cm³/mol. The lowest BCUT2D eigenvalue weighted by Crippen LogP contribution is -2.33. The van der Waals surface area contributed by atoms with Crippen molar-refractivity contribution in [3.8, 4) is 11.5 Å². The summed E-state index contributed by atoms with van der Waals surface area (Å²) in [6.45, 7) is 2.09. The highest BCUT2D eigenvalue weighted by Crippen LogP contribution is 2.42. The minimum Gasteiger partial charge on any atom is -0.457 e. The fourth-order valence-corrected chi connectivity index (χ4v) is 4.30. The van der Waals surface area contributed by atoms with Crippen LogP contribution in [0.15, 0.2) is 66.7 Å². The molecular weight excluding hydrogens is 404 g/mol. The summed E-state index contributed by atoms with van der Waals surface area (Å²) in [5, 5.41) is 3.10. The number of rotatable bonds is 5. The first-order valence-electron chi connectivity index (χ1n) is 10.6. The molecule has 0 saturated heterocycles.